The molecule has 1 saturated heterocycles. The molecule has 23 heavy (non-hydrogen) atoms. The average Bonchev–Trinajstić information content (AvgIpc) is 2.97. The highest BCUT2D eigenvalue weighted by atomic mass is 15.2. The smallest absolute Gasteiger partial charge is 0.160 e. The summed E-state index contributed by atoms with van der Waals surface area (Å²) in [6.45, 7) is 1.99. The molecular formula is C19H16N4. The van der Waals surface area contributed by atoms with Crippen LogP contribution in [0.15, 0.2) is 61.1 Å². The molecule has 0 unspecified atom stereocenters. The van der Waals surface area contributed by atoms with Crippen molar-refractivity contribution in [3.05, 3.63) is 61.1 Å². The van der Waals surface area contributed by atoms with Crippen LogP contribution in [0.25, 0.3) is 33.1 Å². The van der Waals surface area contributed by atoms with Gasteiger partial charge in [-0.25, -0.2) is 9.97 Å². The summed E-state index contributed by atoms with van der Waals surface area (Å²) in [6, 6.07) is 17.5. The molecule has 0 bridgehead atoms. The predicted octanol–water partition coefficient (Wildman–Crippen LogP) is 3.40. The van der Waals surface area contributed by atoms with Gasteiger partial charge in [-0.2, -0.15) is 0 Å². The number of rotatable bonds is 2. The second kappa shape index (κ2) is 4.89. The zero-order valence-electron chi connectivity index (χ0n) is 12.6. The molecule has 5 rings (SSSR count). The molecule has 0 amide bonds. The van der Waals surface area contributed by atoms with Gasteiger partial charge in [0.15, 0.2) is 5.65 Å². The van der Waals surface area contributed by atoms with Gasteiger partial charge in [0.25, 0.3) is 0 Å². The number of imidazole rings is 1. The summed E-state index contributed by atoms with van der Waals surface area (Å²) in [5.74, 6) is 0. The molecule has 3 heterocycles. The molecule has 1 fully saturated rings. The summed E-state index contributed by atoms with van der Waals surface area (Å²) in [5.41, 5.74) is 4.29. The molecule has 2 aromatic heterocycles. The Bertz CT molecular complexity index is 1010. The topological polar surface area (TPSA) is 42.7 Å². The number of fused-ring (bicyclic) bond motifs is 2. The van der Waals surface area contributed by atoms with Crippen molar-refractivity contribution in [2.24, 2.45) is 0 Å². The molecule has 0 saturated carbocycles. The first-order valence-electron chi connectivity index (χ1n) is 7.91. The van der Waals surface area contributed by atoms with Crippen molar-refractivity contribution < 1.29 is 0 Å². The van der Waals surface area contributed by atoms with E-state index in [1.165, 1.54) is 16.3 Å². The molecule has 1 N–H and O–H groups in total. The first-order chi connectivity index (χ1) is 11.4. The Morgan fingerprint density at radius 2 is 1.83 bits per heavy atom. The van der Waals surface area contributed by atoms with E-state index < -0.39 is 0 Å². The van der Waals surface area contributed by atoms with Gasteiger partial charge in [0, 0.05) is 24.8 Å². The Kier molecular flexibility index (Phi) is 2.72. The van der Waals surface area contributed by atoms with Gasteiger partial charge in [-0.3, -0.25) is 0 Å². The van der Waals surface area contributed by atoms with Crippen molar-refractivity contribution in [1.29, 1.82) is 0 Å². The van der Waals surface area contributed by atoms with Crippen LogP contribution in [0.5, 0.6) is 0 Å². The van der Waals surface area contributed by atoms with Crippen molar-refractivity contribution in [3.8, 4) is 11.1 Å². The fraction of sp³-hybridized carbons (Fsp3) is 0.158. The van der Waals surface area contributed by atoms with E-state index in [2.05, 4.69) is 68.4 Å². The van der Waals surface area contributed by atoms with Crippen molar-refractivity contribution in [3.63, 3.8) is 0 Å². The minimum atomic E-state index is 0.472. The van der Waals surface area contributed by atoms with E-state index in [-0.39, 0.29) is 0 Å². The van der Waals surface area contributed by atoms with Crippen LogP contribution in [-0.2, 0) is 0 Å². The Morgan fingerprint density at radius 3 is 2.65 bits per heavy atom. The number of aromatic nitrogens is 3. The highest BCUT2D eigenvalue weighted by molar-refractivity contribution is 5.94. The lowest BCUT2D eigenvalue weighted by molar-refractivity contribution is 0.349. The van der Waals surface area contributed by atoms with Crippen LogP contribution in [-0.4, -0.2) is 27.6 Å². The summed E-state index contributed by atoms with van der Waals surface area (Å²) in [7, 11) is 0. The summed E-state index contributed by atoms with van der Waals surface area (Å²) in [4.78, 5) is 9.22. The number of hydrogen-bond acceptors (Lipinski definition) is 3. The molecule has 0 atom stereocenters. The van der Waals surface area contributed by atoms with Crippen LogP contribution in [0.4, 0.5) is 0 Å². The number of benzene rings is 2. The minimum Gasteiger partial charge on any atom is -0.313 e. The van der Waals surface area contributed by atoms with Gasteiger partial charge in [0.2, 0.25) is 0 Å². The lowest BCUT2D eigenvalue weighted by atomic mass is 10.0. The zero-order chi connectivity index (χ0) is 15.2. The maximum absolute atomic E-state index is 4.65. The molecule has 112 valence electrons. The van der Waals surface area contributed by atoms with Gasteiger partial charge in [0.1, 0.15) is 5.52 Å². The molecule has 2 aromatic carbocycles. The fourth-order valence-corrected chi connectivity index (χ4v) is 3.26. The van der Waals surface area contributed by atoms with Gasteiger partial charge < -0.3 is 9.88 Å². The largest absolute Gasteiger partial charge is 0.313 e. The maximum Gasteiger partial charge on any atom is 0.160 e. The van der Waals surface area contributed by atoms with Crippen LogP contribution < -0.4 is 5.32 Å². The summed E-state index contributed by atoms with van der Waals surface area (Å²) < 4.78 is 2.19. The van der Waals surface area contributed by atoms with E-state index in [4.69, 9.17) is 0 Å². The second-order valence-electron chi connectivity index (χ2n) is 6.06. The minimum absolute atomic E-state index is 0.472. The molecule has 0 radical (unpaired) electrons. The predicted molar refractivity (Wildman–Crippen MR) is 92.4 cm³/mol. The van der Waals surface area contributed by atoms with E-state index in [0.29, 0.717) is 6.04 Å². The maximum atomic E-state index is 4.65. The lowest BCUT2D eigenvalue weighted by Gasteiger charge is -2.28. The van der Waals surface area contributed by atoms with Crippen molar-refractivity contribution >= 4 is 21.9 Å². The molecule has 4 nitrogen and oxygen atoms in total. The Labute approximate surface area is 133 Å². The van der Waals surface area contributed by atoms with E-state index in [1.807, 2.05) is 12.5 Å². The normalized spacial score (nSPS) is 15.1. The Morgan fingerprint density at radius 1 is 0.957 bits per heavy atom. The number of nitrogens with zero attached hydrogens (tertiary/aromatic N) is 3. The van der Waals surface area contributed by atoms with E-state index in [0.717, 1.165) is 29.8 Å². The van der Waals surface area contributed by atoms with Gasteiger partial charge in [-0.15, -0.1) is 0 Å². The van der Waals surface area contributed by atoms with Crippen molar-refractivity contribution in [1.82, 2.24) is 19.9 Å². The number of pyridine rings is 1. The van der Waals surface area contributed by atoms with Gasteiger partial charge in [-0.05, 0) is 28.5 Å². The van der Waals surface area contributed by atoms with E-state index in [1.54, 1.807) is 0 Å². The monoisotopic (exact) mass is 300 g/mol. The van der Waals surface area contributed by atoms with Crippen LogP contribution in [0.3, 0.4) is 0 Å². The first-order valence-corrected chi connectivity index (χ1v) is 7.91. The van der Waals surface area contributed by atoms with Crippen LogP contribution >= 0.6 is 0 Å². The number of hydrogen-bond donors (Lipinski definition) is 1. The van der Waals surface area contributed by atoms with Gasteiger partial charge >= 0.3 is 0 Å². The first kappa shape index (κ1) is 12.8. The average molecular weight is 300 g/mol. The molecule has 1 aliphatic rings. The van der Waals surface area contributed by atoms with Crippen LogP contribution in [0, 0.1) is 0 Å². The summed E-state index contributed by atoms with van der Waals surface area (Å²) >= 11 is 0. The molecule has 4 heteroatoms. The standard InChI is InChI=1S/C19H16N4/c1-2-4-14-9-15(6-5-13(14)3-1)17-7-8-21-19-18(17)22-12-23(19)16-10-20-11-16/h1-9,12,16,20H,10-11H2. The SMILES string of the molecule is c1ccc2cc(-c3ccnc4c3ncn4C3CNC3)ccc2c1. The highest BCUT2D eigenvalue weighted by Crippen LogP contribution is 2.30. The quantitative estimate of drug-likeness (QED) is 0.617. The van der Waals surface area contributed by atoms with E-state index in [9.17, 15) is 0 Å². The van der Waals surface area contributed by atoms with Gasteiger partial charge in [0.05, 0.1) is 12.4 Å². The summed E-state index contributed by atoms with van der Waals surface area (Å²) in [6.07, 6.45) is 3.81. The Hall–Kier alpha value is -2.72. The second-order valence-corrected chi connectivity index (χ2v) is 6.06. The summed E-state index contributed by atoms with van der Waals surface area (Å²) in [5, 5.41) is 5.81. The van der Waals surface area contributed by atoms with Crippen LogP contribution in [0.2, 0.25) is 0 Å². The molecule has 4 aromatic rings. The highest BCUT2D eigenvalue weighted by Gasteiger charge is 2.22. The van der Waals surface area contributed by atoms with E-state index >= 15 is 0 Å². The Balaban J connectivity index is 1.70. The third kappa shape index (κ3) is 1.95. The molecule has 1 aliphatic heterocycles. The lowest BCUT2D eigenvalue weighted by Crippen LogP contribution is -2.43. The number of nitrogens with one attached hydrogen (secondary N) is 1. The molecule has 0 spiro atoms. The van der Waals surface area contributed by atoms with Crippen LogP contribution in [0.1, 0.15) is 6.04 Å². The van der Waals surface area contributed by atoms with Crippen molar-refractivity contribution in [2.45, 2.75) is 6.04 Å². The fourth-order valence-electron chi connectivity index (χ4n) is 3.26. The van der Waals surface area contributed by atoms with Gasteiger partial charge in [-0.1, -0.05) is 36.4 Å². The molecular weight excluding hydrogens is 284 g/mol. The third-order valence-corrected chi connectivity index (χ3v) is 4.67. The van der Waals surface area contributed by atoms with Crippen molar-refractivity contribution in [2.75, 3.05) is 13.1 Å². The molecule has 0 aliphatic carbocycles. The third-order valence-electron chi connectivity index (χ3n) is 4.67. The zero-order valence-corrected chi connectivity index (χ0v) is 12.6.